The minimum absolute atomic E-state index is 0.675. The van der Waals surface area contributed by atoms with E-state index >= 15 is 0 Å². The second-order valence-electron chi connectivity index (χ2n) is 14.7. The molecule has 55 heavy (non-hydrogen) atoms. The van der Waals surface area contributed by atoms with Crippen LogP contribution >= 0.6 is 0 Å². The first kappa shape index (κ1) is 33.1. The van der Waals surface area contributed by atoms with Gasteiger partial charge in [0, 0.05) is 43.9 Å². The Balaban J connectivity index is 1.13. The highest BCUT2D eigenvalue weighted by atomic mass is 16.3. The molecule has 10 rings (SSSR count). The van der Waals surface area contributed by atoms with Crippen LogP contribution in [0.1, 0.15) is 0 Å². The predicted molar refractivity (Wildman–Crippen MR) is 246 cm³/mol. The van der Waals surface area contributed by atoms with Crippen molar-refractivity contribution < 1.29 is 4.42 Å². The number of benzene rings is 7. The third kappa shape index (κ3) is 5.29. The Labute approximate surface area is 324 Å². The maximum atomic E-state index is 6.83. The maximum Gasteiger partial charge on any atom is 0.160 e. The molecule has 9 heteroatoms. The molecule has 0 radical (unpaired) electrons. The van der Waals surface area contributed by atoms with Crippen molar-refractivity contribution >= 4 is 110 Å². The quantitative estimate of drug-likeness (QED) is 0.259. The number of nitrogens with zero attached hydrogens (tertiary/aromatic N) is 3. The molecule has 0 amide bonds. The molecule has 0 aliphatic carbocycles. The normalized spacial score (nSPS) is 11.6. The summed E-state index contributed by atoms with van der Waals surface area (Å²) in [6, 6.07) is 51.4. The molecule has 0 spiro atoms. The van der Waals surface area contributed by atoms with Crippen LogP contribution in [0, 0.1) is 0 Å². The first-order valence-corrected chi connectivity index (χ1v) is 18.9. The third-order valence-corrected chi connectivity index (χ3v) is 11.8. The van der Waals surface area contributed by atoms with Crippen molar-refractivity contribution in [2.24, 2.45) is 0 Å². The molecule has 254 valence electrons. The topological polar surface area (TPSA) is 43.9 Å². The van der Waals surface area contributed by atoms with Crippen LogP contribution in [-0.2, 0) is 0 Å². The van der Waals surface area contributed by atoms with Gasteiger partial charge in [-0.1, -0.05) is 108 Å². The van der Waals surface area contributed by atoms with Gasteiger partial charge >= 0.3 is 0 Å². The summed E-state index contributed by atoms with van der Waals surface area (Å²) in [5.74, 6) is 0.675. The monoisotopic (exact) mass is 699 g/mol. The summed E-state index contributed by atoms with van der Waals surface area (Å²) in [7, 11) is 11.1. The zero-order chi connectivity index (χ0) is 37.4. The van der Waals surface area contributed by atoms with E-state index in [9.17, 15) is 0 Å². The molecular weight excluding hydrogens is 665 g/mol. The third-order valence-electron chi connectivity index (χ3n) is 11.8. The molecule has 10 aromatic rings. The van der Waals surface area contributed by atoms with Crippen LogP contribution in [0.2, 0.25) is 0 Å². The Morgan fingerprint density at radius 2 is 1.07 bits per heavy atom. The van der Waals surface area contributed by atoms with Crippen molar-refractivity contribution in [1.29, 1.82) is 0 Å². The fourth-order valence-electron chi connectivity index (χ4n) is 8.51. The first-order chi connectivity index (χ1) is 26.9. The maximum absolute atomic E-state index is 6.83. The van der Waals surface area contributed by atoms with Gasteiger partial charge < -0.3 is 8.98 Å². The zero-order valence-corrected chi connectivity index (χ0v) is 31.6. The molecule has 7 aromatic carbocycles. The van der Waals surface area contributed by atoms with Crippen LogP contribution in [0.4, 0.5) is 0 Å². The fraction of sp³-hybridized carbons (Fsp3) is 0. The van der Waals surface area contributed by atoms with Gasteiger partial charge in [0.05, 0.1) is 22.4 Å². The Kier molecular flexibility index (Phi) is 7.74. The molecule has 4 nitrogen and oxygen atoms in total. The molecule has 3 heterocycles. The van der Waals surface area contributed by atoms with Gasteiger partial charge in [0.25, 0.3) is 0 Å². The largest absolute Gasteiger partial charge is 0.455 e. The van der Waals surface area contributed by atoms with Crippen molar-refractivity contribution in [3.8, 4) is 50.7 Å². The smallest absolute Gasteiger partial charge is 0.160 e. The lowest BCUT2D eigenvalue weighted by Gasteiger charge is -2.20. The lowest BCUT2D eigenvalue weighted by molar-refractivity contribution is 0.670. The highest BCUT2D eigenvalue weighted by Gasteiger charge is 2.20. The molecule has 0 saturated heterocycles. The van der Waals surface area contributed by atoms with E-state index in [4.69, 9.17) is 14.4 Å². The van der Waals surface area contributed by atoms with E-state index in [0.29, 0.717) is 5.82 Å². The Hall–Kier alpha value is -6.46. The van der Waals surface area contributed by atoms with Gasteiger partial charge in [-0.25, -0.2) is 9.97 Å². The van der Waals surface area contributed by atoms with E-state index in [0.717, 1.165) is 61.3 Å². The van der Waals surface area contributed by atoms with Crippen LogP contribution in [-0.4, -0.2) is 53.8 Å². The van der Waals surface area contributed by atoms with E-state index in [-0.39, 0.29) is 0 Å². The molecular formula is C46H34B5N3O. The summed E-state index contributed by atoms with van der Waals surface area (Å²) < 4.78 is 9.18. The number of hydrogen-bond donors (Lipinski definition) is 0. The summed E-state index contributed by atoms with van der Waals surface area (Å²) >= 11 is 0. The van der Waals surface area contributed by atoms with Crippen molar-refractivity contribution in [2.75, 3.05) is 0 Å². The zero-order valence-electron chi connectivity index (χ0n) is 31.6. The molecule has 0 unspecified atom stereocenters. The Bertz CT molecular complexity index is 3130. The summed E-state index contributed by atoms with van der Waals surface area (Å²) in [4.78, 5) is 10.5. The van der Waals surface area contributed by atoms with Crippen molar-refractivity contribution in [3.05, 3.63) is 146 Å². The van der Waals surface area contributed by atoms with Gasteiger partial charge in [-0.2, -0.15) is 0 Å². The van der Waals surface area contributed by atoms with Crippen molar-refractivity contribution in [1.82, 2.24) is 14.5 Å². The van der Waals surface area contributed by atoms with Crippen LogP contribution in [0.15, 0.2) is 150 Å². The summed E-state index contributed by atoms with van der Waals surface area (Å²) in [6.45, 7) is 0. The average molecular weight is 699 g/mol. The van der Waals surface area contributed by atoms with Crippen LogP contribution in [0.5, 0.6) is 0 Å². The van der Waals surface area contributed by atoms with Gasteiger partial charge in [0.1, 0.15) is 50.4 Å². The number of hydrogen-bond acceptors (Lipinski definition) is 3. The van der Waals surface area contributed by atoms with Crippen LogP contribution < -0.4 is 27.3 Å². The Morgan fingerprint density at radius 1 is 0.436 bits per heavy atom. The van der Waals surface area contributed by atoms with E-state index in [2.05, 4.69) is 183 Å². The van der Waals surface area contributed by atoms with Crippen LogP contribution in [0.3, 0.4) is 0 Å². The van der Waals surface area contributed by atoms with Gasteiger partial charge in [-0.05, 0) is 59.7 Å². The highest BCUT2D eigenvalue weighted by Crippen LogP contribution is 2.40. The van der Waals surface area contributed by atoms with Gasteiger partial charge in [-0.3, -0.25) is 0 Å². The minimum atomic E-state index is 0.675. The standard InChI is InChI=1S/C46H34B5N3O/c47-40-39(41(48)43(50)44(51)42(40)49)35-24-34(25-10-3-1-4-11-25)52-46(53-35)27-18-20-31-32-16-9-15-29(45(32)55-38(31)23-27)26-19-21-37-33(22-26)30-14-7-8-17-36(30)54(37)28-12-5-2-6-13-28/h1-24H,47-51H2. The van der Waals surface area contributed by atoms with Crippen molar-refractivity contribution in [2.45, 2.75) is 0 Å². The molecule has 3 aromatic heterocycles. The van der Waals surface area contributed by atoms with E-state index in [1.54, 1.807) is 0 Å². The predicted octanol–water partition coefficient (Wildman–Crippen LogP) is 3.43. The summed E-state index contributed by atoms with van der Waals surface area (Å²) in [5, 5.41) is 4.59. The SMILES string of the molecule is Bc1c(B)c(B)c(-c2cc(-c3ccccc3)nc(-c3ccc4c(c3)oc3c(-c5ccc6c(c5)c5ccccc5n6-c5ccccc5)cccc34)n2)c(B)c1B. The minimum Gasteiger partial charge on any atom is -0.455 e. The highest BCUT2D eigenvalue weighted by molar-refractivity contribution is 6.68. The van der Waals surface area contributed by atoms with Gasteiger partial charge in [-0.15, -0.1) is 16.4 Å². The van der Waals surface area contributed by atoms with Crippen molar-refractivity contribution in [3.63, 3.8) is 0 Å². The summed E-state index contributed by atoms with van der Waals surface area (Å²) in [5.41, 5.74) is 18.8. The molecule has 0 fully saturated rings. The van der Waals surface area contributed by atoms with E-state index in [1.807, 2.05) is 6.07 Å². The second-order valence-corrected chi connectivity index (χ2v) is 14.7. The summed E-state index contributed by atoms with van der Waals surface area (Å²) in [6.07, 6.45) is 0. The Morgan fingerprint density at radius 3 is 1.85 bits per heavy atom. The second kappa shape index (κ2) is 12.8. The average Bonchev–Trinajstić information content (AvgIpc) is 3.78. The molecule has 0 saturated carbocycles. The number of fused-ring (bicyclic) bond motifs is 6. The van der Waals surface area contributed by atoms with Gasteiger partial charge in [0.2, 0.25) is 0 Å². The number of rotatable bonds is 5. The number of para-hydroxylation sites is 3. The number of aromatic nitrogens is 3. The van der Waals surface area contributed by atoms with E-state index in [1.165, 1.54) is 54.7 Å². The molecule has 0 bridgehead atoms. The first-order valence-electron chi connectivity index (χ1n) is 18.9. The van der Waals surface area contributed by atoms with E-state index < -0.39 is 0 Å². The molecule has 0 aliphatic heterocycles. The van der Waals surface area contributed by atoms with Crippen LogP contribution in [0.25, 0.3) is 94.5 Å². The number of furan rings is 1. The molecule has 0 atom stereocenters. The molecule has 0 N–H and O–H groups in total. The lowest BCUT2D eigenvalue weighted by Crippen LogP contribution is -2.55. The van der Waals surface area contributed by atoms with Gasteiger partial charge in [0.15, 0.2) is 5.82 Å². The molecule has 0 aliphatic rings. The lowest BCUT2D eigenvalue weighted by atomic mass is 9.60. The fourth-order valence-corrected chi connectivity index (χ4v) is 8.51.